The van der Waals surface area contributed by atoms with E-state index in [1.807, 2.05) is 36.0 Å². The van der Waals surface area contributed by atoms with Crippen LogP contribution in [-0.2, 0) is 11.8 Å². The van der Waals surface area contributed by atoms with Crippen molar-refractivity contribution in [1.29, 1.82) is 0 Å². The van der Waals surface area contributed by atoms with E-state index in [-0.39, 0.29) is 11.4 Å². The van der Waals surface area contributed by atoms with Gasteiger partial charge in [-0.25, -0.2) is 4.98 Å². The summed E-state index contributed by atoms with van der Waals surface area (Å²) in [6.07, 6.45) is 8.04. The van der Waals surface area contributed by atoms with Crippen LogP contribution in [0.3, 0.4) is 0 Å². The van der Waals surface area contributed by atoms with Gasteiger partial charge in [0.25, 0.3) is 5.91 Å². The van der Waals surface area contributed by atoms with Crippen LogP contribution < -0.4 is 5.32 Å². The highest BCUT2D eigenvalue weighted by atomic mass is 16.5. The van der Waals surface area contributed by atoms with Gasteiger partial charge < -0.3 is 14.6 Å². The third-order valence-corrected chi connectivity index (χ3v) is 5.99. The van der Waals surface area contributed by atoms with Crippen molar-refractivity contribution < 1.29 is 9.53 Å². The summed E-state index contributed by atoms with van der Waals surface area (Å²) in [5, 5.41) is 4.25. The molecule has 1 aliphatic heterocycles. The summed E-state index contributed by atoms with van der Waals surface area (Å²) in [4.78, 5) is 19.9. The number of pyridine rings is 1. The van der Waals surface area contributed by atoms with Gasteiger partial charge in [-0.3, -0.25) is 9.69 Å². The summed E-state index contributed by atoms with van der Waals surface area (Å²) in [7, 11) is 1.95. The molecule has 6 nitrogen and oxygen atoms in total. The fourth-order valence-electron chi connectivity index (χ4n) is 4.45. The van der Waals surface area contributed by atoms with Crippen LogP contribution in [0.4, 0.5) is 0 Å². The number of hydrogen-bond donors (Lipinski definition) is 1. The summed E-state index contributed by atoms with van der Waals surface area (Å²) in [5.41, 5.74) is 1.41. The summed E-state index contributed by atoms with van der Waals surface area (Å²) >= 11 is 0. The van der Waals surface area contributed by atoms with E-state index in [0.717, 1.165) is 50.2 Å². The predicted molar refractivity (Wildman–Crippen MR) is 101 cm³/mol. The average Bonchev–Trinajstić information content (AvgIpc) is 3.08. The molecule has 1 saturated heterocycles. The number of carbonyl (C=O) groups is 1. The minimum atomic E-state index is -0.0775. The van der Waals surface area contributed by atoms with E-state index in [0.29, 0.717) is 12.2 Å². The van der Waals surface area contributed by atoms with Gasteiger partial charge in [0, 0.05) is 43.8 Å². The molecule has 1 N–H and O–H groups in total. The molecule has 0 radical (unpaired) electrons. The Morgan fingerprint density at radius 3 is 2.73 bits per heavy atom. The third-order valence-electron chi connectivity index (χ3n) is 5.99. The number of nitrogens with one attached hydrogen (secondary N) is 1. The topological polar surface area (TPSA) is 59.4 Å². The minimum Gasteiger partial charge on any atom is -0.379 e. The van der Waals surface area contributed by atoms with E-state index in [4.69, 9.17) is 4.74 Å². The van der Waals surface area contributed by atoms with Crippen LogP contribution in [0.1, 0.15) is 42.6 Å². The Morgan fingerprint density at radius 1 is 1.19 bits per heavy atom. The lowest BCUT2D eigenvalue weighted by Crippen LogP contribution is -2.59. The number of rotatable bonds is 4. The molecule has 1 amide bonds. The monoisotopic (exact) mass is 356 g/mol. The maximum atomic E-state index is 12.8. The number of amides is 1. The van der Waals surface area contributed by atoms with Gasteiger partial charge in [0.1, 0.15) is 11.3 Å². The molecule has 3 heterocycles. The van der Waals surface area contributed by atoms with Crippen LogP contribution in [0, 0.1) is 0 Å². The zero-order valence-corrected chi connectivity index (χ0v) is 15.5. The Labute approximate surface area is 154 Å². The van der Waals surface area contributed by atoms with Crippen LogP contribution >= 0.6 is 0 Å². The molecule has 0 bridgehead atoms. The van der Waals surface area contributed by atoms with E-state index >= 15 is 0 Å². The largest absolute Gasteiger partial charge is 0.379 e. The first kappa shape index (κ1) is 17.5. The molecule has 1 aliphatic carbocycles. The van der Waals surface area contributed by atoms with Gasteiger partial charge in [-0.05, 0) is 31.0 Å². The highest BCUT2D eigenvalue weighted by molar-refractivity contribution is 5.94. The van der Waals surface area contributed by atoms with Crippen molar-refractivity contribution in [2.45, 2.75) is 37.6 Å². The number of aromatic nitrogens is 2. The summed E-state index contributed by atoms with van der Waals surface area (Å²) < 4.78 is 7.48. The highest BCUT2D eigenvalue weighted by Crippen LogP contribution is 2.34. The van der Waals surface area contributed by atoms with Crippen molar-refractivity contribution in [3.8, 4) is 0 Å². The summed E-state index contributed by atoms with van der Waals surface area (Å²) in [6.45, 7) is 4.20. The van der Waals surface area contributed by atoms with E-state index < -0.39 is 0 Å². The number of hydrogen-bond acceptors (Lipinski definition) is 4. The normalized spacial score (nSPS) is 21.0. The molecule has 2 aromatic heterocycles. The van der Waals surface area contributed by atoms with E-state index in [9.17, 15) is 4.79 Å². The lowest BCUT2D eigenvalue weighted by atomic mass is 9.79. The maximum Gasteiger partial charge on any atom is 0.270 e. The van der Waals surface area contributed by atoms with Gasteiger partial charge in [-0.2, -0.15) is 0 Å². The first-order chi connectivity index (χ1) is 12.7. The number of carbonyl (C=O) groups excluding carboxylic acids is 1. The van der Waals surface area contributed by atoms with Gasteiger partial charge in [0.15, 0.2) is 0 Å². The van der Waals surface area contributed by atoms with Crippen LogP contribution in [0.5, 0.6) is 0 Å². The number of ether oxygens (including phenoxy) is 1. The van der Waals surface area contributed by atoms with Crippen molar-refractivity contribution in [3.05, 3.63) is 30.1 Å². The standard InChI is InChI=1S/C20H28N4O2/c1-23-10-7-16-5-6-17(22-18(16)23)19(25)21-15-20(8-3-2-4-9-20)24-11-13-26-14-12-24/h5-7,10H,2-4,8-9,11-15H2,1H3,(H,21,25). The first-order valence-corrected chi connectivity index (χ1v) is 9.71. The van der Waals surface area contributed by atoms with Crippen molar-refractivity contribution in [3.63, 3.8) is 0 Å². The van der Waals surface area contributed by atoms with Crippen molar-refractivity contribution >= 4 is 16.9 Å². The first-order valence-electron chi connectivity index (χ1n) is 9.71. The van der Waals surface area contributed by atoms with E-state index in [1.54, 1.807) is 0 Å². The Bertz CT molecular complexity index is 773. The molecule has 2 fully saturated rings. The quantitative estimate of drug-likeness (QED) is 0.913. The Morgan fingerprint density at radius 2 is 1.96 bits per heavy atom. The molecule has 2 aromatic rings. The summed E-state index contributed by atoms with van der Waals surface area (Å²) in [6, 6.07) is 5.80. The van der Waals surface area contributed by atoms with Crippen molar-refractivity contribution in [1.82, 2.24) is 19.8 Å². The molecule has 2 aliphatic rings. The number of nitrogens with zero attached hydrogens (tertiary/aromatic N) is 3. The summed E-state index contributed by atoms with van der Waals surface area (Å²) in [5.74, 6) is -0.0775. The number of aryl methyl sites for hydroxylation is 1. The van der Waals surface area contributed by atoms with Gasteiger partial charge in [0.05, 0.1) is 13.2 Å². The Kier molecular flexibility index (Phi) is 4.96. The number of morpholine rings is 1. The van der Waals surface area contributed by atoms with Crippen molar-refractivity contribution in [2.24, 2.45) is 7.05 Å². The van der Waals surface area contributed by atoms with Gasteiger partial charge in [-0.1, -0.05) is 19.3 Å². The zero-order chi connectivity index (χ0) is 18.0. The highest BCUT2D eigenvalue weighted by Gasteiger charge is 2.38. The van der Waals surface area contributed by atoms with Gasteiger partial charge >= 0.3 is 0 Å². The van der Waals surface area contributed by atoms with Gasteiger partial charge in [-0.15, -0.1) is 0 Å². The molecule has 0 atom stereocenters. The van der Waals surface area contributed by atoms with Crippen LogP contribution in [0.25, 0.3) is 11.0 Å². The third kappa shape index (κ3) is 3.35. The van der Waals surface area contributed by atoms with Gasteiger partial charge in [0.2, 0.25) is 0 Å². The lowest BCUT2D eigenvalue weighted by molar-refractivity contribution is -0.0361. The molecule has 6 heteroatoms. The second kappa shape index (κ2) is 7.37. The molecule has 0 aromatic carbocycles. The molecule has 4 rings (SSSR count). The lowest BCUT2D eigenvalue weighted by Gasteiger charge is -2.48. The maximum absolute atomic E-state index is 12.8. The van der Waals surface area contributed by atoms with E-state index in [2.05, 4.69) is 15.2 Å². The fraction of sp³-hybridized carbons (Fsp3) is 0.600. The SMILES string of the molecule is Cn1ccc2ccc(C(=O)NCC3(N4CCOCC4)CCCCC3)nc21. The average molecular weight is 356 g/mol. The molecule has 140 valence electrons. The second-order valence-corrected chi connectivity index (χ2v) is 7.60. The second-order valence-electron chi connectivity index (χ2n) is 7.60. The minimum absolute atomic E-state index is 0.0762. The van der Waals surface area contributed by atoms with Crippen molar-refractivity contribution in [2.75, 3.05) is 32.8 Å². The van der Waals surface area contributed by atoms with E-state index in [1.165, 1.54) is 19.3 Å². The molecule has 0 spiro atoms. The molecular formula is C20H28N4O2. The smallest absolute Gasteiger partial charge is 0.270 e. The van der Waals surface area contributed by atoms with Crippen LogP contribution in [0.15, 0.2) is 24.4 Å². The predicted octanol–water partition coefficient (Wildman–Crippen LogP) is 2.34. The fourth-order valence-corrected chi connectivity index (χ4v) is 4.45. The number of fused-ring (bicyclic) bond motifs is 1. The van der Waals surface area contributed by atoms with Crippen LogP contribution in [0.2, 0.25) is 0 Å². The van der Waals surface area contributed by atoms with Crippen LogP contribution in [-0.4, -0.2) is 58.7 Å². The molecule has 1 saturated carbocycles. The zero-order valence-electron chi connectivity index (χ0n) is 15.5. The Balaban J connectivity index is 1.48. The molecular weight excluding hydrogens is 328 g/mol. The molecule has 26 heavy (non-hydrogen) atoms. The molecule has 0 unspecified atom stereocenters. The Hall–Kier alpha value is -1.92.